The van der Waals surface area contributed by atoms with Crippen LogP contribution in [-0.4, -0.2) is 48.8 Å². The van der Waals surface area contributed by atoms with Crippen molar-refractivity contribution in [1.29, 1.82) is 0 Å². The molecule has 178 valence electrons. The van der Waals surface area contributed by atoms with E-state index in [9.17, 15) is 9.90 Å². The summed E-state index contributed by atoms with van der Waals surface area (Å²) in [7, 11) is 0. The summed E-state index contributed by atoms with van der Waals surface area (Å²) in [5, 5.41) is 23.3. The highest BCUT2D eigenvalue weighted by atomic mass is 32.2. The Labute approximate surface area is 206 Å². The number of para-hydroxylation sites is 1. The molecule has 4 aromatic rings. The van der Waals surface area contributed by atoms with Crippen LogP contribution in [-0.2, 0) is 4.79 Å². The number of benzene rings is 2. The quantitative estimate of drug-likeness (QED) is 0.207. The summed E-state index contributed by atoms with van der Waals surface area (Å²) in [4.78, 5) is 16.7. The maximum atomic E-state index is 12.5. The van der Waals surface area contributed by atoms with Gasteiger partial charge in [-0.2, -0.15) is 5.10 Å². The summed E-state index contributed by atoms with van der Waals surface area (Å²) >= 11 is 1.24. The van der Waals surface area contributed by atoms with E-state index in [0.717, 1.165) is 17.0 Å². The number of hydrogen-bond donors (Lipinski definition) is 2. The van der Waals surface area contributed by atoms with Crippen LogP contribution in [0.3, 0.4) is 0 Å². The summed E-state index contributed by atoms with van der Waals surface area (Å²) in [6.45, 7) is 4.22. The zero-order valence-corrected chi connectivity index (χ0v) is 20.1. The van der Waals surface area contributed by atoms with Crippen molar-refractivity contribution in [3.63, 3.8) is 0 Å². The van der Waals surface area contributed by atoms with Crippen LogP contribution in [0.5, 0.6) is 11.5 Å². The van der Waals surface area contributed by atoms with Crippen LogP contribution >= 0.6 is 11.8 Å². The van der Waals surface area contributed by atoms with Crippen molar-refractivity contribution in [2.75, 3.05) is 12.4 Å². The third kappa shape index (κ3) is 5.85. The molecule has 2 heterocycles. The smallest absolute Gasteiger partial charge is 0.250 e. The molecule has 0 aliphatic rings. The topological polar surface area (TPSA) is 115 Å². The number of aromatic nitrogens is 4. The number of aromatic hydroxyl groups is 1. The van der Waals surface area contributed by atoms with E-state index in [1.807, 2.05) is 47.9 Å². The van der Waals surface area contributed by atoms with Crippen LogP contribution in [0.2, 0.25) is 0 Å². The molecule has 0 aliphatic heterocycles. The average molecular weight is 489 g/mol. The monoisotopic (exact) mass is 488 g/mol. The lowest BCUT2D eigenvalue weighted by Gasteiger charge is -2.11. The Morgan fingerprint density at radius 1 is 1.11 bits per heavy atom. The van der Waals surface area contributed by atoms with E-state index in [-0.39, 0.29) is 17.4 Å². The van der Waals surface area contributed by atoms with Crippen LogP contribution in [0.25, 0.3) is 17.1 Å². The van der Waals surface area contributed by atoms with Gasteiger partial charge in [0.15, 0.2) is 11.0 Å². The molecule has 0 bridgehead atoms. The highest BCUT2D eigenvalue weighted by Gasteiger charge is 2.17. The van der Waals surface area contributed by atoms with Crippen LogP contribution in [0.1, 0.15) is 19.4 Å². The number of nitrogens with one attached hydrogen (secondary N) is 1. The first-order valence-electron chi connectivity index (χ1n) is 10.9. The predicted molar refractivity (Wildman–Crippen MR) is 135 cm³/mol. The van der Waals surface area contributed by atoms with Crippen molar-refractivity contribution in [3.8, 4) is 28.6 Å². The predicted octanol–water partition coefficient (Wildman–Crippen LogP) is 4.07. The van der Waals surface area contributed by atoms with Crippen molar-refractivity contribution in [1.82, 2.24) is 25.2 Å². The molecule has 0 atom stereocenters. The SMILES string of the molecule is CCOc1ccc(-n2c(SCC(=O)N/N=C(/C)c3ccccc3O)nnc2-c2cccnc2)cc1. The Morgan fingerprint density at radius 3 is 2.63 bits per heavy atom. The fraction of sp³-hybridized carbons (Fsp3) is 0.160. The van der Waals surface area contributed by atoms with Crippen molar-refractivity contribution in [2.45, 2.75) is 19.0 Å². The second-order valence-corrected chi connectivity index (χ2v) is 8.29. The van der Waals surface area contributed by atoms with Crippen molar-refractivity contribution >= 4 is 23.4 Å². The molecule has 0 aliphatic carbocycles. The van der Waals surface area contributed by atoms with Gasteiger partial charge in [-0.15, -0.1) is 10.2 Å². The number of carbonyl (C=O) groups is 1. The Balaban J connectivity index is 1.53. The molecular weight excluding hydrogens is 464 g/mol. The van der Waals surface area contributed by atoms with E-state index in [1.165, 1.54) is 11.8 Å². The summed E-state index contributed by atoms with van der Waals surface area (Å²) in [5.74, 6) is 1.23. The van der Waals surface area contributed by atoms with Gasteiger partial charge in [-0.3, -0.25) is 14.3 Å². The third-order valence-electron chi connectivity index (χ3n) is 4.93. The van der Waals surface area contributed by atoms with E-state index in [4.69, 9.17) is 4.74 Å². The van der Waals surface area contributed by atoms with Crippen LogP contribution in [0.15, 0.2) is 83.3 Å². The van der Waals surface area contributed by atoms with Gasteiger partial charge in [0.25, 0.3) is 5.91 Å². The van der Waals surface area contributed by atoms with Gasteiger partial charge in [0.2, 0.25) is 0 Å². The summed E-state index contributed by atoms with van der Waals surface area (Å²) in [6, 6.07) is 18.1. The molecule has 0 spiro atoms. The van der Waals surface area contributed by atoms with Gasteiger partial charge in [-0.25, -0.2) is 5.43 Å². The Bertz CT molecular complexity index is 1320. The van der Waals surface area contributed by atoms with Gasteiger partial charge < -0.3 is 9.84 Å². The largest absolute Gasteiger partial charge is 0.507 e. The van der Waals surface area contributed by atoms with Gasteiger partial charge in [0.05, 0.1) is 18.1 Å². The number of ether oxygens (including phenoxy) is 1. The molecule has 0 saturated carbocycles. The molecule has 1 amide bonds. The molecule has 0 saturated heterocycles. The number of phenols is 1. The molecule has 0 fully saturated rings. The summed E-state index contributed by atoms with van der Waals surface area (Å²) < 4.78 is 7.43. The van der Waals surface area contributed by atoms with Gasteiger partial charge in [-0.1, -0.05) is 23.9 Å². The van der Waals surface area contributed by atoms with Gasteiger partial charge in [-0.05, 0) is 62.4 Å². The molecule has 10 heteroatoms. The standard InChI is InChI=1S/C25H24N6O3S/c1-3-34-20-12-10-19(11-13-20)31-24(18-7-6-14-26-15-18)29-30-25(31)35-16-23(33)28-27-17(2)21-8-4-5-9-22(21)32/h4-15,32H,3,16H2,1-2H3,(H,28,33)/b27-17-. The Hall–Kier alpha value is -4.18. The Kier molecular flexibility index (Phi) is 7.74. The first-order chi connectivity index (χ1) is 17.1. The van der Waals surface area contributed by atoms with Crippen molar-refractivity contribution in [3.05, 3.63) is 78.6 Å². The minimum absolute atomic E-state index is 0.0692. The number of phenolic OH excluding ortho intramolecular Hbond substituents is 1. The normalized spacial score (nSPS) is 11.3. The van der Waals surface area contributed by atoms with Gasteiger partial charge in [0.1, 0.15) is 11.5 Å². The molecule has 2 aromatic carbocycles. The van der Waals surface area contributed by atoms with E-state index in [0.29, 0.717) is 28.9 Å². The van der Waals surface area contributed by atoms with E-state index in [2.05, 4.69) is 25.7 Å². The second-order valence-electron chi connectivity index (χ2n) is 7.35. The lowest BCUT2D eigenvalue weighted by atomic mass is 10.1. The molecule has 9 nitrogen and oxygen atoms in total. The fourth-order valence-corrected chi connectivity index (χ4v) is 4.03. The molecule has 4 rings (SSSR count). The lowest BCUT2D eigenvalue weighted by Crippen LogP contribution is -2.21. The van der Waals surface area contributed by atoms with Crippen LogP contribution in [0, 0.1) is 0 Å². The molecule has 35 heavy (non-hydrogen) atoms. The van der Waals surface area contributed by atoms with Crippen molar-refractivity contribution in [2.24, 2.45) is 5.10 Å². The number of rotatable bonds is 9. The van der Waals surface area contributed by atoms with Crippen LogP contribution < -0.4 is 10.2 Å². The van der Waals surface area contributed by atoms with E-state index in [1.54, 1.807) is 43.6 Å². The maximum absolute atomic E-state index is 12.5. The molecule has 2 aromatic heterocycles. The number of nitrogens with zero attached hydrogens (tertiary/aromatic N) is 5. The first-order valence-corrected chi connectivity index (χ1v) is 11.9. The summed E-state index contributed by atoms with van der Waals surface area (Å²) in [5.41, 5.74) is 5.21. The van der Waals surface area contributed by atoms with Crippen LogP contribution in [0.4, 0.5) is 0 Å². The number of thioether (sulfide) groups is 1. The Morgan fingerprint density at radius 2 is 1.91 bits per heavy atom. The zero-order chi connectivity index (χ0) is 24.6. The van der Waals surface area contributed by atoms with Gasteiger partial charge >= 0.3 is 0 Å². The van der Waals surface area contributed by atoms with E-state index >= 15 is 0 Å². The zero-order valence-electron chi connectivity index (χ0n) is 19.3. The van der Waals surface area contributed by atoms with E-state index < -0.39 is 0 Å². The lowest BCUT2D eigenvalue weighted by molar-refractivity contribution is -0.118. The molecule has 0 radical (unpaired) electrons. The highest BCUT2D eigenvalue weighted by molar-refractivity contribution is 7.99. The first kappa shape index (κ1) is 24.0. The number of pyridine rings is 1. The number of hydrazone groups is 1. The molecule has 2 N–H and O–H groups in total. The average Bonchev–Trinajstić information content (AvgIpc) is 3.31. The third-order valence-corrected chi connectivity index (χ3v) is 5.86. The maximum Gasteiger partial charge on any atom is 0.250 e. The number of hydrogen-bond acceptors (Lipinski definition) is 8. The minimum atomic E-state index is -0.311. The highest BCUT2D eigenvalue weighted by Crippen LogP contribution is 2.28. The number of amides is 1. The fourth-order valence-electron chi connectivity index (χ4n) is 3.28. The summed E-state index contributed by atoms with van der Waals surface area (Å²) in [6.07, 6.45) is 3.41. The minimum Gasteiger partial charge on any atom is -0.507 e. The van der Waals surface area contributed by atoms with Gasteiger partial charge in [0, 0.05) is 29.2 Å². The van der Waals surface area contributed by atoms with Crippen molar-refractivity contribution < 1.29 is 14.6 Å². The number of carbonyl (C=O) groups excluding carboxylic acids is 1. The second kappa shape index (κ2) is 11.3. The molecular formula is C25H24N6O3S. The molecule has 0 unspecified atom stereocenters.